The molecule has 2 saturated heterocycles. The summed E-state index contributed by atoms with van der Waals surface area (Å²) >= 11 is 0. The van der Waals surface area contributed by atoms with E-state index in [9.17, 15) is 9.59 Å². The number of hydrogen-bond donors (Lipinski definition) is 1. The van der Waals surface area contributed by atoms with Crippen LogP contribution in [0.5, 0.6) is 0 Å². The van der Waals surface area contributed by atoms with Crippen molar-refractivity contribution >= 4 is 11.8 Å². The minimum absolute atomic E-state index is 0.0819. The van der Waals surface area contributed by atoms with Gasteiger partial charge in [-0.1, -0.05) is 38.8 Å². The molecule has 2 amide bonds. The van der Waals surface area contributed by atoms with E-state index in [4.69, 9.17) is 4.74 Å². The van der Waals surface area contributed by atoms with Crippen molar-refractivity contribution in [3.63, 3.8) is 0 Å². The van der Waals surface area contributed by atoms with Gasteiger partial charge in [0.25, 0.3) is 0 Å². The molecule has 7 atom stereocenters. The molecule has 2 saturated carbocycles. The fraction of sp³-hybridized carbons (Fsp3) is 0.920. The van der Waals surface area contributed by atoms with Gasteiger partial charge in [0.15, 0.2) is 0 Å². The van der Waals surface area contributed by atoms with Gasteiger partial charge in [-0.05, 0) is 43.4 Å². The van der Waals surface area contributed by atoms with Crippen LogP contribution >= 0.6 is 0 Å². The van der Waals surface area contributed by atoms with Gasteiger partial charge in [-0.3, -0.25) is 15.0 Å². The quantitative estimate of drug-likeness (QED) is 0.700. The van der Waals surface area contributed by atoms with E-state index in [0.29, 0.717) is 23.7 Å². The standard InChI is InChI=1S/C25H41N5O3/c1-25(2,3)19-6-4-5-7-22(19)33-15-23(31)29-11-17-13-30(14-18(17)12-29)24(32)16-8-9-20-21(10-16)27-28-26-20/h16-22H,4-15H2,1-3H3,(H,26,27). The fourth-order valence-corrected chi connectivity index (χ4v) is 7.03. The van der Waals surface area contributed by atoms with Crippen molar-refractivity contribution in [3.8, 4) is 0 Å². The highest BCUT2D eigenvalue weighted by atomic mass is 16.5. The Balaban J connectivity index is 1.08. The molecule has 8 heteroatoms. The molecule has 184 valence electrons. The van der Waals surface area contributed by atoms with E-state index < -0.39 is 0 Å². The van der Waals surface area contributed by atoms with Crippen LogP contribution in [0.3, 0.4) is 0 Å². The van der Waals surface area contributed by atoms with Crippen molar-refractivity contribution < 1.29 is 14.3 Å². The van der Waals surface area contributed by atoms with Gasteiger partial charge in [-0.25, -0.2) is 0 Å². The maximum absolute atomic E-state index is 13.2. The molecule has 3 heterocycles. The summed E-state index contributed by atoms with van der Waals surface area (Å²) in [5.74, 6) is 1.83. The summed E-state index contributed by atoms with van der Waals surface area (Å²) in [5, 5.41) is 8.18. The Morgan fingerprint density at radius 1 is 0.970 bits per heavy atom. The highest BCUT2D eigenvalue weighted by molar-refractivity contribution is 5.80. The Labute approximate surface area is 197 Å². The Bertz CT molecular complexity index is 766. The Morgan fingerprint density at radius 3 is 2.39 bits per heavy atom. The smallest absolute Gasteiger partial charge is 0.248 e. The maximum Gasteiger partial charge on any atom is 0.248 e. The third-order valence-corrected chi connectivity index (χ3v) is 8.98. The molecule has 3 aliphatic heterocycles. The largest absolute Gasteiger partial charge is 0.368 e. The number of nitrogens with one attached hydrogen (secondary N) is 1. The van der Waals surface area contributed by atoms with E-state index in [-0.39, 0.29) is 42.0 Å². The average molecular weight is 460 g/mol. The molecule has 5 aliphatic rings. The minimum atomic E-state index is 0.0819. The van der Waals surface area contributed by atoms with E-state index in [2.05, 4.69) is 41.4 Å². The first-order chi connectivity index (χ1) is 15.8. The Kier molecular flexibility index (Phi) is 6.40. The van der Waals surface area contributed by atoms with Crippen LogP contribution in [0.2, 0.25) is 0 Å². The second kappa shape index (κ2) is 9.16. The van der Waals surface area contributed by atoms with E-state index in [0.717, 1.165) is 51.9 Å². The predicted molar refractivity (Wildman–Crippen MR) is 124 cm³/mol. The number of likely N-dealkylation sites (tertiary alicyclic amines) is 2. The molecular formula is C25H41N5O3. The summed E-state index contributed by atoms with van der Waals surface area (Å²) in [5.41, 5.74) is 3.28. The molecule has 1 N–H and O–H groups in total. The number of hydrogen-bond acceptors (Lipinski definition) is 6. The van der Waals surface area contributed by atoms with Crippen molar-refractivity contribution in [2.24, 2.45) is 39.4 Å². The molecule has 2 aliphatic carbocycles. The monoisotopic (exact) mass is 459 g/mol. The van der Waals surface area contributed by atoms with Crippen LogP contribution in [-0.2, 0) is 14.3 Å². The summed E-state index contributed by atoms with van der Waals surface area (Å²) < 4.78 is 6.21. The number of nitrogens with zero attached hydrogens (tertiary/aromatic N) is 4. The van der Waals surface area contributed by atoms with Crippen LogP contribution in [0.4, 0.5) is 0 Å². The number of rotatable bonds is 4. The van der Waals surface area contributed by atoms with Crippen molar-refractivity contribution in [2.45, 2.75) is 83.9 Å². The number of fused-ring (bicyclic) bond motifs is 2. The number of carbonyl (C=O) groups is 2. The van der Waals surface area contributed by atoms with Gasteiger partial charge in [0.05, 0.1) is 18.2 Å². The summed E-state index contributed by atoms with van der Waals surface area (Å²) in [6, 6.07) is 0.478. The van der Waals surface area contributed by atoms with Crippen LogP contribution in [-0.4, -0.2) is 72.6 Å². The van der Waals surface area contributed by atoms with Gasteiger partial charge in [0, 0.05) is 43.9 Å². The predicted octanol–water partition coefficient (Wildman–Crippen LogP) is 3.03. The van der Waals surface area contributed by atoms with E-state index in [1.807, 2.05) is 4.90 Å². The van der Waals surface area contributed by atoms with Crippen LogP contribution in [0, 0.1) is 29.1 Å². The molecule has 0 aromatic carbocycles. The highest BCUT2D eigenvalue weighted by Gasteiger charge is 2.46. The second-order valence-corrected chi connectivity index (χ2v) is 12.2. The van der Waals surface area contributed by atoms with Gasteiger partial charge in [0.2, 0.25) is 11.8 Å². The first-order valence-electron chi connectivity index (χ1n) is 13.1. The van der Waals surface area contributed by atoms with Crippen molar-refractivity contribution in [1.29, 1.82) is 0 Å². The van der Waals surface area contributed by atoms with Crippen LogP contribution in [0.1, 0.15) is 65.7 Å². The molecule has 7 unspecified atom stereocenters. The third-order valence-electron chi connectivity index (χ3n) is 8.98. The maximum atomic E-state index is 13.2. The summed E-state index contributed by atoms with van der Waals surface area (Å²) in [4.78, 5) is 30.2. The summed E-state index contributed by atoms with van der Waals surface area (Å²) in [7, 11) is 0. The van der Waals surface area contributed by atoms with Crippen molar-refractivity contribution in [2.75, 3.05) is 32.8 Å². The van der Waals surface area contributed by atoms with E-state index in [1.54, 1.807) is 0 Å². The number of carbonyl (C=O) groups excluding carboxylic acids is 2. The third kappa shape index (κ3) is 4.77. The minimum Gasteiger partial charge on any atom is -0.368 e. The number of ether oxygens (including phenoxy) is 1. The normalized spacial score (nSPS) is 38.2. The van der Waals surface area contributed by atoms with Gasteiger partial charge in [0.1, 0.15) is 6.61 Å². The van der Waals surface area contributed by atoms with Gasteiger partial charge < -0.3 is 14.5 Å². The van der Waals surface area contributed by atoms with Crippen LogP contribution in [0.25, 0.3) is 0 Å². The molecule has 0 spiro atoms. The molecule has 0 aromatic rings. The van der Waals surface area contributed by atoms with Gasteiger partial charge in [-0.15, -0.1) is 0 Å². The SMILES string of the molecule is CC(C)(C)C1CCCCC1OCC(=O)N1CC2CN(C(=O)C3CCC4N=NNC4C3)CC2C1. The first kappa shape index (κ1) is 23.1. The van der Waals surface area contributed by atoms with Gasteiger partial charge in [-0.2, -0.15) is 5.11 Å². The van der Waals surface area contributed by atoms with Crippen LogP contribution < -0.4 is 5.43 Å². The molecule has 5 rings (SSSR count). The zero-order valence-electron chi connectivity index (χ0n) is 20.5. The molecule has 0 aromatic heterocycles. The fourth-order valence-electron chi connectivity index (χ4n) is 7.03. The van der Waals surface area contributed by atoms with Crippen molar-refractivity contribution in [3.05, 3.63) is 0 Å². The summed E-state index contributed by atoms with van der Waals surface area (Å²) in [6.07, 6.45) is 7.61. The lowest BCUT2D eigenvalue weighted by atomic mass is 9.71. The zero-order valence-corrected chi connectivity index (χ0v) is 20.5. The lowest BCUT2D eigenvalue weighted by Crippen LogP contribution is -2.44. The average Bonchev–Trinajstić information content (AvgIpc) is 3.50. The molecule has 4 fully saturated rings. The lowest BCUT2D eigenvalue weighted by Gasteiger charge is -2.40. The molecule has 0 bridgehead atoms. The highest BCUT2D eigenvalue weighted by Crippen LogP contribution is 2.40. The first-order valence-corrected chi connectivity index (χ1v) is 13.1. The van der Waals surface area contributed by atoms with Crippen LogP contribution in [0.15, 0.2) is 10.3 Å². The molecule has 0 radical (unpaired) electrons. The Morgan fingerprint density at radius 2 is 1.67 bits per heavy atom. The molecule has 8 nitrogen and oxygen atoms in total. The second-order valence-electron chi connectivity index (χ2n) is 12.2. The van der Waals surface area contributed by atoms with E-state index >= 15 is 0 Å². The van der Waals surface area contributed by atoms with E-state index in [1.165, 1.54) is 19.3 Å². The molecule has 33 heavy (non-hydrogen) atoms. The lowest BCUT2D eigenvalue weighted by molar-refractivity contribution is -0.141. The summed E-state index contributed by atoms with van der Waals surface area (Å²) in [6.45, 7) is 10.2. The van der Waals surface area contributed by atoms with Crippen molar-refractivity contribution in [1.82, 2.24) is 15.2 Å². The number of amides is 2. The zero-order chi connectivity index (χ0) is 23.2. The topological polar surface area (TPSA) is 86.6 Å². The molecular weight excluding hydrogens is 418 g/mol. The van der Waals surface area contributed by atoms with Gasteiger partial charge >= 0.3 is 0 Å². The Hall–Kier alpha value is -1.70.